The van der Waals surface area contributed by atoms with Crippen molar-refractivity contribution in [1.82, 2.24) is 9.97 Å². The van der Waals surface area contributed by atoms with Gasteiger partial charge in [-0.15, -0.1) is 0 Å². The van der Waals surface area contributed by atoms with Gasteiger partial charge in [-0.25, -0.2) is 9.97 Å². The molecule has 0 atom stereocenters. The fourth-order valence-electron chi connectivity index (χ4n) is 1.67. The van der Waals surface area contributed by atoms with Gasteiger partial charge in [0.25, 0.3) is 0 Å². The van der Waals surface area contributed by atoms with Gasteiger partial charge in [-0.2, -0.15) is 0 Å². The Kier molecular flexibility index (Phi) is 2.95. The van der Waals surface area contributed by atoms with Crippen LogP contribution in [0.4, 0.5) is 5.82 Å². The van der Waals surface area contributed by atoms with E-state index >= 15 is 0 Å². The first-order valence-electron chi connectivity index (χ1n) is 5.56. The van der Waals surface area contributed by atoms with Crippen LogP contribution in [0.1, 0.15) is 12.8 Å². The second kappa shape index (κ2) is 4.48. The third-order valence-corrected chi connectivity index (χ3v) is 3.62. The number of hydrogen-bond acceptors (Lipinski definition) is 3. The minimum absolute atomic E-state index is 0.0303. The predicted octanol–water partition coefficient (Wildman–Crippen LogP) is 3.39. The zero-order chi connectivity index (χ0) is 12.7. The van der Waals surface area contributed by atoms with Gasteiger partial charge >= 0.3 is 0 Å². The maximum absolute atomic E-state index is 11.7. The Labute approximate surface area is 117 Å². The van der Waals surface area contributed by atoms with Crippen molar-refractivity contribution in [2.75, 3.05) is 5.32 Å². The fourth-order valence-corrected chi connectivity index (χ4v) is 2.26. The third kappa shape index (κ3) is 2.33. The van der Waals surface area contributed by atoms with Gasteiger partial charge < -0.3 is 5.32 Å². The number of anilines is 1. The molecule has 18 heavy (non-hydrogen) atoms. The average Bonchev–Trinajstić information content (AvgIpc) is 3.14. The molecule has 0 saturated heterocycles. The molecule has 2 aromatic heterocycles. The number of hydrogen-bond donors (Lipinski definition) is 1. The number of halogens is 2. The van der Waals surface area contributed by atoms with E-state index in [9.17, 15) is 4.79 Å². The molecule has 0 bridgehead atoms. The Balaban J connectivity index is 1.99. The first-order chi connectivity index (χ1) is 8.63. The number of aromatic nitrogens is 2. The molecule has 1 N–H and O–H groups in total. The number of carbonyl (C=O) groups is 1. The van der Waals surface area contributed by atoms with Crippen molar-refractivity contribution in [2.45, 2.75) is 12.8 Å². The number of carbonyl (C=O) groups excluding carboxylic acids is 1. The molecule has 1 aliphatic rings. The topological polar surface area (TPSA) is 54.9 Å². The van der Waals surface area contributed by atoms with Crippen LogP contribution in [0.2, 0.25) is 5.15 Å². The summed E-state index contributed by atoms with van der Waals surface area (Å²) < 4.78 is 0.744. The van der Waals surface area contributed by atoms with Gasteiger partial charge in [0.2, 0.25) is 5.91 Å². The van der Waals surface area contributed by atoms with Crippen molar-refractivity contribution >= 4 is 50.2 Å². The van der Waals surface area contributed by atoms with Gasteiger partial charge in [-0.05, 0) is 34.8 Å². The Bertz CT molecular complexity index is 643. The van der Waals surface area contributed by atoms with E-state index < -0.39 is 0 Å². The lowest BCUT2D eigenvalue weighted by Gasteiger charge is -2.07. The molecule has 0 aromatic carbocycles. The van der Waals surface area contributed by atoms with E-state index in [-0.39, 0.29) is 11.8 Å². The van der Waals surface area contributed by atoms with Crippen molar-refractivity contribution in [3.63, 3.8) is 0 Å². The molecule has 2 heterocycles. The number of nitrogens with zero attached hydrogens (tertiary/aromatic N) is 2. The molecule has 1 aliphatic carbocycles. The summed E-state index contributed by atoms with van der Waals surface area (Å²) in [6.45, 7) is 0. The third-order valence-electron chi connectivity index (χ3n) is 2.81. The number of nitrogens with one attached hydrogen (secondary N) is 1. The number of amides is 1. The predicted molar refractivity (Wildman–Crippen MR) is 73.6 cm³/mol. The van der Waals surface area contributed by atoms with Crippen LogP contribution in [-0.4, -0.2) is 15.9 Å². The summed E-state index contributed by atoms with van der Waals surface area (Å²) in [7, 11) is 0. The molecule has 2 aromatic rings. The molecule has 1 amide bonds. The SMILES string of the molecule is O=C(Nc1nc2cc(Cl)ncc2cc1Br)C1CC1. The molecule has 1 saturated carbocycles. The normalized spacial score (nSPS) is 14.8. The summed E-state index contributed by atoms with van der Waals surface area (Å²) >= 11 is 9.22. The van der Waals surface area contributed by atoms with Crippen molar-refractivity contribution in [3.8, 4) is 0 Å². The molecule has 4 nitrogen and oxygen atoms in total. The highest BCUT2D eigenvalue weighted by Gasteiger charge is 2.30. The Morgan fingerprint density at radius 2 is 2.22 bits per heavy atom. The molecule has 6 heteroatoms. The monoisotopic (exact) mass is 325 g/mol. The van der Waals surface area contributed by atoms with Crippen molar-refractivity contribution in [2.24, 2.45) is 5.92 Å². The average molecular weight is 327 g/mol. The van der Waals surface area contributed by atoms with Crippen LogP contribution in [0, 0.1) is 5.92 Å². The zero-order valence-corrected chi connectivity index (χ0v) is 11.6. The van der Waals surface area contributed by atoms with Crippen molar-refractivity contribution in [3.05, 3.63) is 28.0 Å². The lowest BCUT2D eigenvalue weighted by molar-refractivity contribution is -0.117. The van der Waals surface area contributed by atoms with E-state index in [4.69, 9.17) is 11.6 Å². The van der Waals surface area contributed by atoms with Crippen LogP contribution in [0.25, 0.3) is 10.9 Å². The lowest BCUT2D eigenvalue weighted by atomic mass is 10.2. The van der Waals surface area contributed by atoms with E-state index in [2.05, 4.69) is 31.2 Å². The molecule has 92 valence electrons. The van der Waals surface area contributed by atoms with E-state index in [1.165, 1.54) is 0 Å². The van der Waals surface area contributed by atoms with E-state index in [0.717, 1.165) is 22.7 Å². The standard InChI is InChI=1S/C12H9BrClN3O/c13-8-3-7-5-15-10(14)4-9(7)16-11(8)17-12(18)6-1-2-6/h3-6H,1-2H2,(H,16,17,18). The van der Waals surface area contributed by atoms with Crippen LogP contribution in [0.15, 0.2) is 22.8 Å². The van der Waals surface area contributed by atoms with Gasteiger partial charge in [0.15, 0.2) is 0 Å². The zero-order valence-electron chi connectivity index (χ0n) is 9.28. The first-order valence-corrected chi connectivity index (χ1v) is 6.73. The fraction of sp³-hybridized carbons (Fsp3) is 0.250. The van der Waals surface area contributed by atoms with Crippen LogP contribution in [-0.2, 0) is 4.79 Å². The van der Waals surface area contributed by atoms with E-state index in [0.29, 0.717) is 16.5 Å². The lowest BCUT2D eigenvalue weighted by Crippen LogP contribution is -2.14. The van der Waals surface area contributed by atoms with Gasteiger partial charge in [-0.3, -0.25) is 4.79 Å². The number of pyridine rings is 2. The Morgan fingerprint density at radius 1 is 1.44 bits per heavy atom. The minimum atomic E-state index is 0.0303. The van der Waals surface area contributed by atoms with Crippen molar-refractivity contribution in [1.29, 1.82) is 0 Å². The van der Waals surface area contributed by atoms with Crippen LogP contribution in [0.5, 0.6) is 0 Å². The summed E-state index contributed by atoms with van der Waals surface area (Å²) in [5.74, 6) is 0.708. The largest absolute Gasteiger partial charge is 0.309 e. The van der Waals surface area contributed by atoms with Crippen molar-refractivity contribution < 1.29 is 4.79 Å². The summed E-state index contributed by atoms with van der Waals surface area (Å²) in [5.41, 5.74) is 0.712. The molecule has 1 fully saturated rings. The van der Waals surface area contributed by atoms with E-state index in [1.807, 2.05) is 6.07 Å². The molecule has 0 aliphatic heterocycles. The summed E-state index contributed by atoms with van der Waals surface area (Å²) in [5, 5.41) is 4.08. The highest BCUT2D eigenvalue weighted by Crippen LogP contribution is 2.32. The minimum Gasteiger partial charge on any atom is -0.309 e. The Morgan fingerprint density at radius 3 is 2.94 bits per heavy atom. The Hall–Kier alpha value is -1.20. The van der Waals surface area contributed by atoms with Gasteiger partial charge in [0.05, 0.1) is 9.99 Å². The van der Waals surface area contributed by atoms with Crippen LogP contribution in [0.3, 0.4) is 0 Å². The second-order valence-electron chi connectivity index (χ2n) is 4.28. The molecule has 0 radical (unpaired) electrons. The molecular weight excluding hydrogens is 318 g/mol. The van der Waals surface area contributed by atoms with Crippen LogP contribution >= 0.6 is 27.5 Å². The molecular formula is C12H9BrClN3O. The molecule has 0 unspecified atom stereocenters. The highest BCUT2D eigenvalue weighted by atomic mass is 79.9. The molecule has 0 spiro atoms. The summed E-state index contributed by atoms with van der Waals surface area (Å²) in [6, 6.07) is 3.55. The first kappa shape index (κ1) is 11.9. The quantitative estimate of drug-likeness (QED) is 0.861. The van der Waals surface area contributed by atoms with Gasteiger partial charge in [-0.1, -0.05) is 11.6 Å². The summed E-state index contributed by atoms with van der Waals surface area (Å²) in [6.07, 6.45) is 3.58. The molecule has 3 rings (SSSR count). The van der Waals surface area contributed by atoms with Gasteiger partial charge in [0.1, 0.15) is 11.0 Å². The maximum Gasteiger partial charge on any atom is 0.228 e. The second-order valence-corrected chi connectivity index (χ2v) is 5.52. The number of rotatable bonds is 2. The summed E-state index contributed by atoms with van der Waals surface area (Å²) in [4.78, 5) is 20.1. The maximum atomic E-state index is 11.7. The number of fused-ring (bicyclic) bond motifs is 1. The highest BCUT2D eigenvalue weighted by molar-refractivity contribution is 9.10. The van der Waals surface area contributed by atoms with E-state index in [1.54, 1.807) is 12.3 Å². The van der Waals surface area contributed by atoms with Gasteiger partial charge in [0, 0.05) is 23.6 Å². The van der Waals surface area contributed by atoms with Crippen LogP contribution < -0.4 is 5.32 Å². The smallest absolute Gasteiger partial charge is 0.228 e.